The van der Waals surface area contributed by atoms with Crippen molar-refractivity contribution in [3.63, 3.8) is 0 Å². The Morgan fingerprint density at radius 2 is 2.08 bits per heavy atom. The van der Waals surface area contributed by atoms with Gasteiger partial charge in [0.15, 0.2) is 5.76 Å². The third kappa shape index (κ3) is 3.64. The van der Waals surface area contributed by atoms with Crippen LogP contribution in [-0.4, -0.2) is 24.1 Å². The van der Waals surface area contributed by atoms with E-state index in [-0.39, 0.29) is 17.6 Å². The maximum atomic E-state index is 12.3. The molecule has 2 amide bonds. The molecular weight excluding hydrogens is 324 g/mol. The van der Waals surface area contributed by atoms with E-state index in [2.05, 4.69) is 5.32 Å². The van der Waals surface area contributed by atoms with Gasteiger partial charge in [0.2, 0.25) is 5.91 Å². The first-order chi connectivity index (χ1) is 11.5. The second kappa shape index (κ2) is 7.13. The van der Waals surface area contributed by atoms with E-state index < -0.39 is 0 Å². The van der Waals surface area contributed by atoms with Crippen LogP contribution in [0.15, 0.2) is 45.7 Å². The van der Waals surface area contributed by atoms with Gasteiger partial charge in [-0.15, -0.1) is 11.8 Å². The molecule has 0 spiro atoms. The summed E-state index contributed by atoms with van der Waals surface area (Å²) in [7, 11) is 0. The fourth-order valence-corrected chi connectivity index (χ4v) is 3.39. The summed E-state index contributed by atoms with van der Waals surface area (Å²) in [5.41, 5.74) is 0.890. The molecule has 0 aliphatic carbocycles. The Morgan fingerprint density at radius 1 is 1.29 bits per heavy atom. The van der Waals surface area contributed by atoms with Crippen LogP contribution in [0.25, 0.3) is 0 Å². The van der Waals surface area contributed by atoms with Crippen LogP contribution in [0.5, 0.6) is 0 Å². The maximum absolute atomic E-state index is 12.3. The molecule has 24 heavy (non-hydrogen) atoms. The van der Waals surface area contributed by atoms with Crippen molar-refractivity contribution in [1.29, 1.82) is 0 Å². The van der Waals surface area contributed by atoms with Crippen molar-refractivity contribution in [2.45, 2.75) is 25.3 Å². The summed E-state index contributed by atoms with van der Waals surface area (Å²) in [6.45, 7) is 4.99. The highest BCUT2D eigenvalue weighted by Crippen LogP contribution is 2.35. The number of carbonyl (C=O) groups is 2. The predicted octanol–water partition coefficient (Wildman–Crippen LogP) is 3.30. The van der Waals surface area contributed by atoms with Crippen LogP contribution in [0.2, 0.25) is 0 Å². The van der Waals surface area contributed by atoms with E-state index in [0.717, 1.165) is 10.6 Å². The van der Waals surface area contributed by atoms with Crippen molar-refractivity contribution in [3.8, 4) is 0 Å². The number of hydrogen-bond donors (Lipinski definition) is 1. The normalized spacial score (nSPS) is 14.0. The SMILES string of the molecule is CC(C)CNC(=O)c1ccc(CN2C(=O)CSc3ccccc32)o1. The third-order valence-electron chi connectivity index (χ3n) is 3.68. The van der Waals surface area contributed by atoms with Crippen LogP contribution in [0.4, 0.5) is 5.69 Å². The van der Waals surface area contributed by atoms with E-state index in [4.69, 9.17) is 4.42 Å². The number of benzene rings is 1. The number of anilines is 1. The van der Waals surface area contributed by atoms with Gasteiger partial charge >= 0.3 is 0 Å². The van der Waals surface area contributed by atoms with Crippen molar-refractivity contribution in [3.05, 3.63) is 47.9 Å². The Hall–Kier alpha value is -2.21. The van der Waals surface area contributed by atoms with Crippen LogP contribution < -0.4 is 10.2 Å². The molecule has 126 valence electrons. The minimum absolute atomic E-state index is 0.0425. The number of nitrogens with one attached hydrogen (secondary N) is 1. The monoisotopic (exact) mass is 344 g/mol. The molecule has 0 atom stereocenters. The zero-order chi connectivity index (χ0) is 17.1. The second-order valence-corrected chi connectivity index (χ2v) is 7.12. The minimum atomic E-state index is -0.226. The molecule has 1 N–H and O–H groups in total. The number of furan rings is 1. The molecule has 0 unspecified atom stereocenters. The number of para-hydroxylation sites is 1. The van der Waals surface area contributed by atoms with E-state index in [1.54, 1.807) is 28.8 Å². The zero-order valence-corrected chi connectivity index (χ0v) is 14.6. The van der Waals surface area contributed by atoms with Crippen LogP contribution in [0, 0.1) is 5.92 Å². The third-order valence-corrected chi connectivity index (χ3v) is 4.73. The molecule has 2 aromatic rings. The summed E-state index contributed by atoms with van der Waals surface area (Å²) in [5, 5.41) is 2.82. The summed E-state index contributed by atoms with van der Waals surface area (Å²) in [4.78, 5) is 27.1. The molecular formula is C18H20N2O3S. The van der Waals surface area contributed by atoms with E-state index in [0.29, 0.717) is 30.5 Å². The molecule has 1 aromatic carbocycles. The lowest BCUT2D eigenvalue weighted by molar-refractivity contribution is -0.116. The molecule has 6 heteroatoms. The van der Waals surface area contributed by atoms with Gasteiger partial charge < -0.3 is 14.6 Å². The minimum Gasteiger partial charge on any atom is -0.454 e. The molecule has 1 aromatic heterocycles. The van der Waals surface area contributed by atoms with Crippen molar-refractivity contribution < 1.29 is 14.0 Å². The fraction of sp³-hybridized carbons (Fsp3) is 0.333. The van der Waals surface area contributed by atoms with E-state index in [1.807, 2.05) is 38.1 Å². The van der Waals surface area contributed by atoms with Crippen LogP contribution in [-0.2, 0) is 11.3 Å². The molecule has 3 rings (SSSR count). The predicted molar refractivity (Wildman–Crippen MR) is 94.2 cm³/mol. The van der Waals surface area contributed by atoms with Gasteiger partial charge in [-0.25, -0.2) is 0 Å². The smallest absolute Gasteiger partial charge is 0.287 e. The lowest BCUT2D eigenvalue weighted by Gasteiger charge is -2.28. The van der Waals surface area contributed by atoms with Crippen LogP contribution >= 0.6 is 11.8 Å². The number of amides is 2. The Balaban J connectivity index is 1.73. The summed E-state index contributed by atoms with van der Waals surface area (Å²) in [6.07, 6.45) is 0. The summed E-state index contributed by atoms with van der Waals surface area (Å²) in [5.74, 6) is 1.48. The molecule has 0 saturated heterocycles. The summed E-state index contributed by atoms with van der Waals surface area (Å²) in [6, 6.07) is 11.2. The van der Waals surface area contributed by atoms with Gasteiger partial charge in [0.25, 0.3) is 5.91 Å². The molecule has 5 nitrogen and oxygen atoms in total. The second-order valence-electron chi connectivity index (χ2n) is 6.11. The Labute approximate surface area is 145 Å². The number of rotatable bonds is 5. The van der Waals surface area contributed by atoms with E-state index in [1.165, 1.54) is 0 Å². The van der Waals surface area contributed by atoms with Gasteiger partial charge in [-0.2, -0.15) is 0 Å². The quantitative estimate of drug-likeness (QED) is 0.904. The standard InChI is InChI=1S/C18H20N2O3S/c1-12(2)9-19-18(22)15-8-7-13(23-15)10-20-14-5-3-4-6-16(14)24-11-17(20)21/h3-8,12H,9-11H2,1-2H3,(H,19,22). The zero-order valence-electron chi connectivity index (χ0n) is 13.7. The largest absolute Gasteiger partial charge is 0.454 e. The first kappa shape index (κ1) is 16.6. The summed E-state index contributed by atoms with van der Waals surface area (Å²) >= 11 is 1.54. The van der Waals surface area contributed by atoms with Crippen LogP contribution in [0.3, 0.4) is 0 Å². The first-order valence-electron chi connectivity index (χ1n) is 7.93. The molecule has 0 fully saturated rings. The Kier molecular flexibility index (Phi) is 4.94. The molecule has 1 aliphatic heterocycles. The van der Waals surface area contributed by atoms with Crippen LogP contribution in [0.1, 0.15) is 30.2 Å². The van der Waals surface area contributed by atoms with Crippen molar-refractivity contribution in [1.82, 2.24) is 5.32 Å². The number of hydrogen-bond acceptors (Lipinski definition) is 4. The molecule has 0 saturated carbocycles. The van der Waals surface area contributed by atoms with Gasteiger partial charge in [-0.1, -0.05) is 26.0 Å². The molecule has 1 aliphatic rings. The number of nitrogens with zero attached hydrogens (tertiary/aromatic N) is 1. The average Bonchev–Trinajstić information content (AvgIpc) is 3.04. The van der Waals surface area contributed by atoms with Gasteiger partial charge in [0.05, 0.1) is 18.0 Å². The number of thioether (sulfide) groups is 1. The van der Waals surface area contributed by atoms with Crippen molar-refractivity contribution in [2.75, 3.05) is 17.2 Å². The van der Waals surface area contributed by atoms with Gasteiger partial charge in [-0.3, -0.25) is 9.59 Å². The van der Waals surface area contributed by atoms with E-state index in [9.17, 15) is 9.59 Å². The highest BCUT2D eigenvalue weighted by molar-refractivity contribution is 8.00. The Morgan fingerprint density at radius 3 is 2.88 bits per heavy atom. The van der Waals surface area contributed by atoms with Crippen molar-refractivity contribution >= 4 is 29.3 Å². The lowest BCUT2D eigenvalue weighted by Crippen LogP contribution is -2.34. The maximum Gasteiger partial charge on any atom is 0.287 e. The van der Waals surface area contributed by atoms with Gasteiger partial charge in [-0.05, 0) is 30.2 Å². The fourth-order valence-electron chi connectivity index (χ4n) is 2.45. The topological polar surface area (TPSA) is 62.6 Å². The molecule has 0 bridgehead atoms. The Bertz CT molecular complexity index is 754. The highest BCUT2D eigenvalue weighted by Gasteiger charge is 2.25. The van der Waals surface area contributed by atoms with Crippen molar-refractivity contribution in [2.24, 2.45) is 5.92 Å². The lowest BCUT2D eigenvalue weighted by atomic mass is 10.2. The number of fused-ring (bicyclic) bond motifs is 1. The molecule has 0 radical (unpaired) electrons. The first-order valence-corrected chi connectivity index (χ1v) is 8.92. The van der Waals surface area contributed by atoms with Gasteiger partial charge in [0, 0.05) is 11.4 Å². The average molecular weight is 344 g/mol. The molecule has 2 heterocycles. The summed E-state index contributed by atoms with van der Waals surface area (Å²) < 4.78 is 5.63. The van der Waals surface area contributed by atoms with Gasteiger partial charge in [0.1, 0.15) is 5.76 Å². The van der Waals surface area contributed by atoms with E-state index >= 15 is 0 Å². The highest BCUT2D eigenvalue weighted by atomic mass is 32.2. The number of carbonyl (C=O) groups excluding carboxylic acids is 2.